The summed E-state index contributed by atoms with van der Waals surface area (Å²) in [5, 5.41) is 4.39. The maximum absolute atomic E-state index is 13.3. The topological polar surface area (TPSA) is 69.2 Å². The second-order valence-corrected chi connectivity index (χ2v) is 8.58. The van der Waals surface area contributed by atoms with Gasteiger partial charge in [0, 0.05) is 5.56 Å². The first-order valence-corrected chi connectivity index (χ1v) is 12.3. The van der Waals surface area contributed by atoms with Crippen molar-refractivity contribution >= 4 is 23.7 Å². The van der Waals surface area contributed by atoms with E-state index >= 15 is 0 Å². The molecule has 0 saturated heterocycles. The lowest BCUT2D eigenvalue weighted by atomic mass is 10.2. The number of nitrogens with zero attached hydrogens (tertiary/aromatic N) is 1. The summed E-state index contributed by atoms with van der Waals surface area (Å²) in [6.45, 7) is 2.85. The molecule has 4 aromatic carbocycles. The first-order chi connectivity index (χ1) is 18.5. The fraction of sp³-hybridized carbons (Fsp3) is 0.133. The Bertz CT molecular complexity index is 1410. The minimum atomic E-state index is -0.405. The SMILES string of the molecule is CCOc1cc(C(=O)N/N=C/c2ccc(OCc3cccc(F)c3)c(Cl)c2)ccc1OCc1ccccc1. The van der Waals surface area contributed by atoms with Crippen molar-refractivity contribution in [2.45, 2.75) is 20.1 Å². The van der Waals surface area contributed by atoms with Crippen molar-refractivity contribution in [2.75, 3.05) is 6.61 Å². The predicted molar refractivity (Wildman–Crippen MR) is 146 cm³/mol. The third-order valence-electron chi connectivity index (χ3n) is 5.36. The molecule has 0 aliphatic rings. The van der Waals surface area contributed by atoms with Gasteiger partial charge in [0.2, 0.25) is 0 Å². The van der Waals surface area contributed by atoms with E-state index in [1.54, 1.807) is 48.5 Å². The maximum Gasteiger partial charge on any atom is 0.271 e. The molecule has 0 unspecified atom stereocenters. The van der Waals surface area contributed by atoms with Gasteiger partial charge in [0.25, 0.3) is 5.91 Å². The molecule has 4 rings (SSSR count). The van der Waals surface area contributed by atoms with Gasteiger partial charge in [-0.1, -0.05) is 54.1 Å². The number of hydrogen-bond acceptors (Lipinski definition) is 5. The monoisotopic (exact) mass is 532 g/mol. The molecule has 8 heteroatoms. The van der Waals surface area contributed by atoms with Gasteiger partial charge in [-0.3, -0.25) is 4.79 Å². The van der Waals surface area contributed by atoms with Gasteiger partial charge in [-0.05, 0) is 72.1 Å². The van der Waals surface area contributed by atoms with E-state index in [0.717, 1.165) is 5.56 Å². The highest BCUT2D eigenvalue weighted by Crippen LogP contribution is 2.29. The molecule has 38 heavy (non-hydrogen) atoms. The molecule has 0 atom stereocenters. The number of benzene rings is 4. The number of amides is 1. The number of carbonyl (C=O) groups excluding carboxylic acids is 1. The van der Waals surface area contributed by atoms with Crippen LogP contribution >= 0.6 is 11.6 Å². The van der Waals surface area contributed by atoms with Crippen LogP contribution in [-0.4, -0.2) is 18.7 Å². The maximum atomic E-state index is 13.3. The highest BCUT2D eigenvalue weighted by molar-refractivity contribution is 6.32. The fourth-order valence-corrected chi connectivity index (χ4v) is 3.75. The lowest BCUT2D eigenvalue weighted by molar-refractivity contribution is 0.0954. The molecule has 0 bridgehead atoms. The van der Waals surface area contributed by atoms with Gasteiger partial charge in [-0.2, -0.15) is 5.10 Å². The van der Waals surface area contributed by atoms with Crippen LogP contribution in [0.15, 0.2) is 96.1 Å². The van der Waals surface area contributed by atoms with Crippen molar-refractivity contribution in [3.63, 3.8) is 0 Å². The highest BCUT2D eigenvalue weighted by atomic mass is 35.5. The second kappa shape index (κ2) is 13.3. The Hall–Kier alpha value is -4.36. The molecule has 0 heterocycles. The van der Waals surface area contributed by atoms with Crippen LogP contribution in [0.1, 0.15) is 34.0 Å². The number of rotatable bonds is 11. The number of hydrazone groups is 1. The van der Waals surface area contributed by atoms with Gasteiger partial charge in [0.05, 0.1) is 17.8 Å². The molecule has 0 aliphatic heterocycles. The van der Waals surface area contributed by atoms with Crippen molar-refractivity contribution in [2.24, 2.45) is 5.10 Å². The average Bonchev–Trinajstić information content (AvgIpc) is 2.92. The molecule has 1 amide bonds. The van der Waals surface area contributed by atoms with Crippen LogP contribution < -0.4 is 19.6 Å². The van der Waals surface area contributed by atoms with Crippen molar-refractivity contribution in [1.82, 2.24) is 5.43 Å². The smallest absolute Gasteiger partial charge is 0.271 e. The zero-order valence-electron chi connectivity index (χ0n) is 20.7. The first kappa shape index (κ1) is 26.7. The quantitative estimate of drug-likeness (QED) is 0.170. The number of halogens is 2. The predicted octanol–water partition coefficient (Wildman–Crippen LogP) is 6.80. The first-order valence-electron chi connectivity index (χ1n) is 12.0. The number of carbonyl (C=O) groups is 1. The summed E-state index contributed by atoms with van der Waals surface area (Å²) in [6, 6.07) is 26.0. The van der Waals surface area contributed by atoms with Crippen LogP contribution in [0, 0.1) is 5.82 Å². The van der Waals surface area contributed by atoms with Gasteiger partial charge < -0.3 is 14.2 Å². The van der Waals surface area contributed by atoms with Crippen LogP contribution in [0.3, 0.4) is 0 Å². The molecule has 0 aliphatic carbocycles. The van der Waals surface area contributed by atoms with E-state index in [1.165, 1.54) is 18.3 Å². The van der Waals surface area contributed by atoms with E-state index in [9.17, 15) is 9.18 Å². The summed E-state index contributed by atoms with van der Waals surface area (Å²) in [5.41, 5.74) is 5.25. The summed E-state index contributed by atoms with van der Waals surface area (Å²) in [6.07, 6.45) is 1.47. The zero-order valence-corrected chi connectivity index (χ0v) is 21.5. The number of ether oxygens (including phenoxy) is 3. The van der Waals surface area contributed by atoms with Crippen molar-refractivity contribution in [1.29, 1.82) is 0 Å². The van der Waals surface area contributed by atoms with E-state index < -0.39 is 5.91 Å². The number of hydrogen-bond donors (Lipinski definition) is 1. The van der Waals surface area contributed by atoms with Crippen molar-refractivity contribution in [3.8, 4) is 17.2 Å². The van der Waals surface area contributed by atoms with E-state index in [2.05, 4.69) is 10.5 Å². The molecule has 0 radical (unpaired) electrons. The molecule has 0 aromatic heterocycles. The van der Waals surface area contributed by atoms with E-state index in [0.29, 0.717) is 52.2 Å². The Morgan fingerprint density at radius 1 is 0.842 bits per heavy atom. The molecule has 194 valence electrons. The molecular formula is C30H26ClFN2O4. The van der Waals surface area contributed by atoms with E-state index in [4.69, 9.17) is 25.8 Å². The number of nitrogens with one attached hydrogen (secondary N) is 1. The van der Waals surface area contributed by atoms with E-state index in [1.807, 2.05) is 37.3 Å². The van der Waals surface area contributed by atoms with Crippen LogP contribution in [0.2, 0.25) is 5.02 Å². The minimum absolute atomic E-state index is 0.181. The van der Waals surface area contributed by atoms with Crippen LogP contribution in [0.4, 0.5) is 4.39 Å². The molecule has 0 saturated carbocycles. The summed E-state index contributed by atoms with van der Waals surface area (Å²) < 4.78 is 30.6. The molecular weight excluding hydrogens is 507 g/mol. The molecule has 1 N–H and O–H groups in total. The van der Waals surface area contributed by atoms with E-state index in [-0.39, 0.29) is 12.4 Å². The largest absolute Gasteiger partial charge is 0.490 e. The molecule has 0 spiro atoms. The Morgan fingerprint density at radius 3 is 2.34 bits per heavy atom. The molecule has 0 fully saturated rings. The zero-order chi connectivity index (χ0) is 26.7. The Morgan fingerprint density at radius 2 is 1.58 bits per heavy atom. The van der Waals surface area contributed by atoms with Crippen LogP contribution in [0.25, 0.3) is 0 Å². The van der Waals surface area contributed by atoms with Crippen molar-refractivity contribution < 1.29 is 23.4 Å². The Balaban J connectivity index is 1.34. The minimum Gasteiger partial charge on any atom is -0.490 e. The summed E-state index contributed by atoms with van der Waals surface area (Å²) in [5.74, 6) is 0.742. The van der Waals surface area contributed by atoms with Gasteiger partial charge in [0.1, 0.15) is 24.8 Å². The normalized spacial score (nSPS) is 10.8. The lowest BCUT2D eigenvalue weighted by Gasteiger charge is -2.13. The summed E-state index contributed by atoms with van der Waals surface area (Å²) in [7, 11) is 0. The summed E-state index contributed by atoms with van der Waals surface area (Å²) in [4.78, 5) is 12.7. The van der Waals surface area contributed by atoms with Crippen molar-refractivity contribution in [3.05, 3.63) is 124 Å². The van der Waals surface area contributed by atoms with Gasteiger partial charge in [-0.25, -0.2) is 9.82 Å². The lowest BCUT2D eigenvalue weighted by Crippen LogP contribution is -2.17. The average molecular weight is 533 g/mol. The third kappa shape index (κ3) is 7.57. The fourth-order valence-electron chi connectivity index (χ4n) is 3.50. The van der Waals surface area contributed by atoms with Gasteiger partial charge in [-0.15, -0.1) is 0 Å². The van der Waals surface area contributed by atoms with Gasteiger partial charge >= 0.3 is 0 Å². The highest BCUT2D eigenvalue weighted by Gasteiger charge is 2.12. The second-order valence-electron chi connectivity index (χ2n) is 8.18. The van der Waals surface area contributed by atoms with Crippen LogP contribution in [0.5, 0.6) is 17.2 Å². The molecule has 6 nitrogen and oxygen atoms in total. The van der Waals surface area contributed by atoms with Crippen LogP contribution in [-0.2, 0) is 13.2 Å². The Kier molecular flexibility index (Phi) is 9.32. The third-order valence-corrected chi connectivity index (χ3v) is 5.66. The van der Waals surface area contributed by atoms with Gasteiger partial charge in [0.15, 0.2) is 11.5 Å². The molecule has 4 aromatic rings. The standard InChI is InChI=1S/C30H26ClFN2O4/c1-2-36-29-17-24(12-14-28(29)38-19-21-7-4-3-5-8-21)30(35)34-33-18-22-11-13-27(26(31)16-22)37-20-23-9-6-10-25(32)15-23/h3-18H,2,19-20H2,1H3,(H,34,35)/b33-18+. The summed E-state index contributed by atoms with van der Waals surface area (Å²) >= 11 is 6.32. The Labute approximate surface area is 225 Å².